The standard InChI is InChI=1S/C23H21N5O2/c1-3-7-19-16(5-1)13-21(29-19)22-17(14-24-26-22)15-27-9-11-28(12-10-27)23-25-18-6-2-4-8-20(18)30-23/h1-8,13-14H,9-12,15H2,(H,24,26). The first-order valence-electron chi connectivity index (χ1n) is 10.2. The molecular weight excluding hydrogens is 378 g/mol. The molecular formula is C23H21N5O2. The van der Waals surface area contributed by atoms with E-state index in [9.17, 15) is 0 Å². The van der Waals surface area contributed by atoms with E-state index in [-0.39, 0.29) is 0 Å². The lowest BCUT2D eigenvalue weighted by Gasteiger charge is -2.33. The molecule has 30 heavy (non-hydrogen) atoms. The van der Waals surface area contributed by atoms with Crippen LogP contribution in [-0.4, -0.2) is 46.3 Å². The van der Waals surface area contributed by atoms with Crippen molar-refractivity contribution in [2.75, 3.05) is 31.1 Å². The highest BCUT2D eigenvalue weighted by Gasteiger charge is 2.23. The number of H-pyrrole nitrogens is 1. The van der Waals surface area contributed by atoms with E-state index in [1.54, 1.807) is 0 Å². The number of oxazole rings is 1. The van der Waals surface area contributed by atoms with Gasteiger partial charge in [0.2, 0.25) is 0 Å². The van der Waals surface area contributed by atoms with Crippen LogP contribution < -0.4 is 4.90 Å². The Labute approximate surface area is 172 Å². The number of rotatable bonds is 4. The van der Waals surface area contributed by atoms with Gasteiger partial charge in [0.05, 0.1) is 6.20 Å². The Morgan fingerprint density at radius 2 is 1.70 bits per heavy atom. The number of piperazine rings is 1. The number of aromatic nitrogens is 3. The smallest absolute Gasteiger partial charge is 0.298 e. The summed E-state index contributed by atoms with van der Waals surface area (Å²) in [6.45, 7) is 4.45. The predicted octanol–water partition coefficient (Wildman–Crippen LogP) is 4.29. The molecule has 7 nitrogen and oxygen atoms in total. The SMILES string of the molecule is c1ccc2oc(-c3[nH]ncc3CN3CCN(c4nc5ccccc5o4)CC3)cc2c1. The summed E-state index contributed by atoms with van der Waals surface area (Å²) in [6.07, 6.45) is 1.90. The fourth-order valence-electron chi connectivity index (χ4n) is 4.08. The molecule has 0 radical (unpaired) electrons. The Morgan fingerprint density at radius 1 is 0.900 bits per heavy atom. The third-order valence-corrected chi connectivity index (χ3v) is 5.71. The number of hydrogen-bond donors (Lipinski definition) is 1. The summed E-state index contributed by atoms with van der Waals surface area (Å²) >= 11 is 0. The number of aromatic amines is 1. The number of nitrogens with one attached hydrogen (secondary N) is 1. The lowest BCUT2D eigenvalue weighted by molar-refractivity contribution is 0.246. The van der Waals surface area contributed by atoms with Crippen LogP contribution in [0.2, 0.25) is 0 Å². The van der Waals surface area contributed by atoms with Crippen molar-refractivity contribution >= 4 is 28.1 Å². The Kier molecular flexibility index (Phi) is 4.06. The maximum atomic E-state index is 6.03. The summed E-state index contributed by atoms with van der Waals surface area (Å²) in [5, 5.41) is 8.49. The Balaban J connectivity index is 1.16. The molecule has 0 bridgehead atoms. The summed E-state index contributed by atoms with van der Waals surface area (Å²) in [6, 6.07) is 18.7. The number of nitrogens with zero attached hydrogens (tertiary/aromatic N) is 4. The molecule has 1 N–H and O–H groups in total. The van der Waals surface area contributed by atoms with E-state index in [2.05, 4.69) is 37.1 Å². The Bertz CT molecular complexity index is 1240. The molecule has 4 heterocycles. The van der Waals surface area contributed by atoms with E-state index in [1.807, 2.05) is 48.7 Å². The molecule has 1 saturated heterocycles. The molecule has 0 aliphatic carbocycles. The summed E-state index contributed by atoms with van der Waals surface area (Å²) in [5.74, 6) is 0.828. The third-order valence-electron chi connectivity index (χ3n) is 5.71. The summed E-state index contributed by atoms with van der Waals surface area (Å²) < 4.78 is 12.0. The second-order valence-corrected chi connectivity index (χ2v) is 7.65. The van der Waals surface area contributed by atoms with Crippen LogP contribution in [0.3, 0.4) is 0 Å². The summed E-state index contributed by atoms with van der Waals surface area (Å²) in [4.78, 5) is 9.27. The molecule has 0 saturated carbocycles. The fraction of sp³-hybridized carbons (Fsp3) is 0.217. The minimum Gasteiger partial charge on any atom is -0.454 e. The van der Waals surface area contributed by atoms with Gasteiger partial charge in [-0.25, -0.2) is 0 Å². The highest BCUT2D eigenvalue weighted by Crippen LogP contribution is 2.29. The number of furan rings is 1. The normalized spacial score (nSPS) is 15.4. The van der Waals surface area contributed by atoms with Crippen molar-refractivity contribution in [3.63, 3.8) is 0 Å². The van der Waals surface area contributed by atoms with Crippen LogP contribution in [-0.2, 0) is 6.54 Å². The van der Waals surface area contributed by atoms with Gasteiger partial charge in [0.15, 0.2) is 11.3 Å². The quantitative estimate of drug-likeness (QED) is 0.486. The van der Waals surface area contributed by atoms with Crippen molar-refractivity contribution in [3.8, 4) is 11.5 Å². The largest absolute Gasteiger partial charge is 0.454 e. The molecule has 0 unspecified atom stereocenters. The van der Waals surface area contributed by atoms with Crippen molar-refractivity contribution in [3.05, 3.63) is 66.4 Å². The van der Waals surface area contributed by atoms with E-state index >= 15 is 0 Å². The maximum absolute atomic E-state index is 6.03. The van der Waals surface area contributed by atoms with Crippen molar-refractivity contribution in [1.29, 1.82) is 0 Å². The van der Waals surface area contributed by atoms with Crippen LogP contribution in [0.25, 0.3) is 33.5 Å². The van der Waals surface area contributed by atoms with Gasteiger partial charge in [-0.1, -0.05) is 30.3 Å². The zero-order valence-electron chi connectivity index (χ0n) is 16.4. The van der Waals surface area contributed by atoms with E-state index in [0.717, 1.165) is 71.8 Å². The van der Waals surface area contributed by atoms with Gasteiger partial charge in [-0.2, -0.15) is 10.1 Å². The minimum absolute atomic E-state index is 0.710. The summed E-state index contributed by atoms with van der Waals surface area (Å²) in [5.41, 5.74) is 4.73. The first-order chi connectivity index (χ1) is 14.8. The van der Waals surface area contributed by atoms with Crippen molar-refractivity contribution in [1.82, 2.24) is 20.1 Å². The average molecular weight is 399 g/mol. The zero-order chi connectivity index (χ0) is 19.9. The lowest BCUT2D eigenvalue weighted by Crippen LogP contribution is -2.46. The Hall–Kier alpha value is -3.58. The molecule has 150 valence electrons. The molecule has 1 aliphatic rings. The average Bonchev–Trinajstić information content (AvgIpc) is 3.51. The molecule has 7 heteroatoms. The number of para-hydroxylation sites is 3. The maximum Gasteiger partial charge on any atom is 0.298 e. The van der Waals surface area contributed by atoms with Gasteiger partial charge in [-0.05, 0) is 24.3 Å². The second-order valence-electron chi connectivity index (χ2n) is 7.65. The van der Waals surface area contributed by atoms with Crippen LogP contribution in [0.5, 0.6) is 0 Å². The molecule has 5 aromatic rings. The highest BCUT2D eigenvalue weighted by molar-refractivity contribution is 5.82. The van der Waals surface area contributed by atoms with Crippen molar-refractivity contribution < 1.29 is 8.83 Å². The summed E-state index contributed by atoms with van der Waals surface area (Å²) in [7, 11) is 0. The number of anilines is 1. The number of hydrogen-bond acceptors (Lipinski definition) is 6. The van der Waals surface area contributed by atoms with E-state index in [1.165, 1.54) is 0 Å². The number of benzene rings is 2. The first-order valence-corrected chi connectivity index (χ1v) is 10.2. The monoisotopic (exact) mass is 399 g/mol. The minimum atomic E-state index is 0.710. The van der Waals surface area contributed by atoms with Gasteiger partial charge in [-0.3, -0.25) is 10.00 Å². The van der Waals surface area contributed by atoms with Crippen LogP contribution in [0.15, 0.2) is 69.6 Å². The molecule has 2 aromatic carbocycles. The molecule has 0 atom stereocenters. The zero-order valence-corrected chi connectivity index (χ0v) is 16.4. The van der Waals surface area contributed by atoms with Gasteiger partial charge >= 0.3 is 0 Å². The molecule has 3 aromatic heterocycles. The van der Waals surface area contributed by atoms with E-state index in [0.29, 0.717) is 6.01 Å². The van der Waals surface area contributed by atoms with Crippen LogP contribution in [0.1, 0.15) is 5.56 Å². The van der Waals surface area contributed by atoms with Crippen LogP contribution in [0, 0.1) is 0 Å². The molecule has 1 fully saturated rings. The van der Waals surface area contributed by atoms with E-state index < -0.39 is 0 Å². The second kappa shape index (κ2) is 7.03. The van der Waals surface area contributed by atoms with Gasteiger partial charge in [0.1, 0.15) is 16.8 Å². The van der Waals surface area contributed by atoms with Crippen LogP contribution >= 0.6 is 0 Å². The number of fused-ring (bicyclic) bond motifs is 2. The van der Waals surface area contributed by atoms with Gasteiger partial charge in [-0.15, -0.1) is 0 Å². The third kappa shape index (κ3) is 3.04. The predicted molar refractivity (Wildman–Crippen MR) is 115 cm³/mol. The topological polar surface area (TPSA) is 74.3 Å². The lowest BCUT2D eigenvalue weighted by atomic mass is 10.1. The molecule has 6 rings (SSSR count). The first kappa shape index (κ1) is 17.3. The van der Waals surface area contributed by atoms with Crippen LogP contribution in [0.4, 0.5) is 6.01 Å². The van der Waals surface area contributed by atoms with Gasteiger partial charge < -0.3 is 13.7 Å². The van der Waals surface area contributed by atoms with Crippen molar-refractivity contribution in [2.45, 2.75) is 6.54 Å². The molecule has 1 aliphatic heterocycles. The molecule has 0 amide bonds. The van der Waals surface area contributed by atoms with Crippen molar-refractivity contribution in [2.24, 2.45) is 0 Å². The molecule has 0 spiro atoms. The van der Waals surface area contributed by atoms with E-state index in [4.69, 9.17) is 8.83 Å². The van der Waals surface area contributed by atoms with Gasteiger partial charge in [0.25, 0.3) is 6.01 Å². The highest BCUT2D eigenvalue weighted by atomic mass is 16.4. The fourth-order valence-corrected chi connectivity index (χ4v) is 4.08. The van der Waals surface area contributed by atoms with Gasteiger partial charge in [0, 0.05) is 43.7 Å². The Morgan fingerprint density at radius 3 is 2.53 bits per heavy atom.